The van der Waals surface area contributed by atoms with Crippen molar-refractivity contribution in [2.45, 2.75) is 45.3 Å². The van der Waals surface area contributed by atoms with Gasteiger partial charge in [-0.1, -0.05) is 36.2 Å². The van der Waals surface area contributed by atoms with E-state index in [9.17, 15) is 0 Å². The molecule has 3 rings (SSSR count). The number of nitrogens with one attached hydrogen (secondary N) is 1. The monoisotopic (exact) mass is 353 g/mol. The van der Waals surface area contributed by atoms with E-state index in [1.807, 2.05) is 14.1 Å². The molecular formula is C21H31N5. The van der Waals surface area contributed by atoms with Crippen molar-refractivity contribution >= 4 is 5.82 Å². The molecule has 1 aliphatic heterocycles. The van der Waals surface area contributed by atoms with Gasteiger partial charge in [0, 0.05) is 33.3 Å². The van der Waals surface area contributed by atoms with E-state index in [0.717, 1.165) is 43.4 Å². The molecule has 5 nitrogen and oxygen atoms in total. The molecule has 0 amide bonds. The predicted octanol–water partition coefficient (Wildman–Crippen LogP) is 3.30. The van der Waals surface area contributed by atoms with E-state index in [1.54, 1.807) is 0 Å². The predicted molar refractivity (Wildman–Crippen MR) is 107 cm³/mol. The molecule has 0 bridgehead atoms. The van der Waals surface area contributed by atoms with Gasteiger partial charge in [0.15, 0.2) is 0 Å². The van der Waals surface area contributed by atoms with Gasteiger partial charge in [0.1, 0.15) is 11.6 Å². The van der Waals surface area contributed by atoms with Gasteiger partial charge in [0.2, 0.25) is 0 Å². The van der Waals surface area contributed by atoms with Crippen molar-refractivity contribution in [2.24, 2.45) is 0 Å². The molecule has 1 saturated heterocycles. The number of nitrogens with zero attached hydrogens (tertiary/aromatic N) is 4. The second kappa shape index (κ2) is 8.60. The number of piperidine rings is 1. The van der Waals surface area contributed by atoms with Gasteiger partial charge in [-0.2, -0.15) is 0 Å². The Morgan fingerprint density at radius 2 is 1.92 bits per heavy atom. The minimum atomic E-state index is 0.282. The Morgan fingerprint density at radius 3 is 2.62 bits per heavy atom. The van der Waals surface area contributed by atoms with Crippen LogP contribution >= 0.6 is 0 Å². The molecular weight excluding hydrogens is 322 g/mol. The minimum absolute atomic E-state index is 0.282. The third-order valence-corrected chi connectivity index (χ3v) is 4.83. The average molecular weight is 354 g/mol. The van der Waals surface area contributed by atoms with Gasteiger partial charge in [0.05, 0.1) is 11.7 Å². The number of aryl methyl sites for hydroxylation is 1. The summed E-state index contributed by atoms with van der Waals surface area (Å²) in [6, 6.07) is 11.1. The van der Waals surface area contributed by atoms with Gasteiger partial charge in [-0.3, -0.25) is 4.90 Å². The first-order valence-corrected chi connectivity index (χ1v) is 9.54. The fraction of sp³-hybridized carbons (Fsp3) is 0.524. The summed E-state index contributed by atoms with van der Waals surface area (Å²) in [7, 11) is 6.24. The molecule has 1 aromatic carbocycles. The Morgan fingerprint density at radius 1 is 1.08 bits per heavy atom. The smallest absolute Gasteiger partial charge is 0.147 e. The number of benzene rings is 1. The normalized spacial score (nSPS) is 17.5. The zero-order chi connectivity index (χ0) is 18.5. The summed E-state index contributed by atoms with van der Waals surface area (Å²) in [5.74, 6) is 1.93. The molecule has 140 valence electrons. The summed E-state index contributed by atoms with van der Waals surface area (Å²) in [6.07, 6.45) is 3.61. The second-order valence-electron chi connectivity index (χ2n) is 7.63. The van der Waals surface area contributed by atoms with Crippen LogP contribution in [0.2, 0.25) is 0 Å². The van der Waals surface area contributed by atoms with Crippen molar-refractivity contribution in [1.82, 2.24) is 20.2 Å². The highest BCUT2D eigenvalue weighted by atomic mass is 15.2. The molecule has 1 aliphatic rings. The Bertz CT molecular complexity index is 722. The van der Waals surface area contributed by atoms with Crippen LogP contribution in [0.4, 0.5) is 5.82 Å². The quantitative estimate of drug-likeness (QED) is 0.863. The highest BCUT2D eigenvalue weighted by Crippen LogP contribution is 2.23. The largest absolute Gasteiger partial charge is 0.363 e. The van der Waals surface area contributed by atoms with E-state index >= 15 is 0 Å². The van der Waals surface area contributed by atoms with Gasteiger partial charge in [0.25, 0.3) is 0 Å². The molecule has 5 heteroatoms. The zero-order valence-corrected chi connectivity index (χ0v) is 16.5. The van der Waals surface area contributed by atoms with Crippen molar-refractivity contribution in [1.29, 1.82) is 0 Å². The van der Waals surface area contributed by atoms with Crippen LogP contribution in [-0.4, -0.2) is 42.6 Å². The fourth-order valence-corrected chi connectivity index (χ4v) is 3.50. The molecule has 1 aromatic heterocycles. The summed E-state index contributed by atoms with van der Waals surface area (Å²) in [4.78, 5) is 14.1. The third-order valence-electron chi connectivity index (χ3n) is 4.83. The highest BCUT2D eigenvalue weighted by Gasteiger charge is 2.19. The standard InChI is InChI=1S/C21H31N5/c1-16-8-7-9-17(12-16)14-26(4)15-18-13-20(25(2)3)24-21(23-18)19-10-5-6-11-22-19/h7-9,12-13,19,22H,5-6,10-11,14-15H2,1-4H3. The molecule has 1 atom stereocenters. The molecule has 1 fully saturated rings. The van der Waals surface area contributed by atoms with E-state index < -0.39 is 0 Å². The molecule has 1 unspecified atom stereocenters. The van der Waals surface area contributed by atoms with E-state index in [4.69, 9.17) is 9.97 Å². The first-order chi connectivity index (χ1) is 12.5. The van der Waals surface area contributed by atoms with E-state index in [2.05, 4.69) is 59.4 Å². The van der Waals surface area contributed by atoms with Crippen molar-refractivity contribution < 1.29 is 0 Å². The Kier molecular flexibility index (Phi) is 6.22. The van der Waals surface area contributed by atoms with Gasteiger partial charge in [-0.05, 0) is 38.9 Å². The SMILES string of the molecule is Cc1cccc(CN(C)Cc2cc(N(C)C)nc(C3CCCCN3)n2)c1. The zero-order valence-electron chi connectivity index (χ0n) is 16.5. The Balaban J connectivity index is 1.76. The number of rotatable bonds is 6. The third kappa shape index (κ3) is 5.02. The molecule has 2 heterocycles. The van der Waals surface area contributed by atoms with Gasteiger partial charge in [-0.25, -0.2) is 9.97 Å². The average Bonchev–Trinajstić information content (AvgIpc) is 2.62. The number of hydrogen-bond acceptors (Lipinski definition) is 5. The van der Waals surface area contributed by atoms with Gasteiger partial charge in [-0.15, -0.1) is 0 Å². The lowest BCUT2D eigenvalue weighted by Gasteiger charge is -2.25. The lowest BCUT2D eigenvalue weighted by molar-refractivity contribution is 0.313. The van der Waals surface area contributed by atoms with E-state index in [0.29, 0.717) is 0 Å². The summed E-state index contributed by atoms with van der Waals surface area (Å²) >= 11 is 0. The molecule has 2 aromatic rings. The first kappa shape index (κ1) is 18.8. The summed E-state index contributed by atoms with van der Waals surface area (Å²) in [6.45, 7) is 4.93. The van der Waals surface area contributed by atoms with E-state index in [-0.39, 0.29) is 6.04 Å². The van der Waals surface area contributed by atoms with Crippen LogP contribution in [0.25, 0.3) is 0 Å². The Labute approximate surface area is 157 Å². The molecule has 0 saturated carbocycles. The van der Waals surface area contributed by atoms with Crippen molar-refractivity contribution in [3.8, 4) is 0 Å². The van der Waals surface area contributed by atoms with Crippen molar-refractivity contribution in [2.75, 3.05) is 32.6 Å². The van der Waals surface area contributed by atoms with Crippen LogP contribution < -0.4 is 10.2 Å². The van der Waals surface area contributed by atoms with Crippen LogP contribution in [0.3, 0.4) is 0 Å². The lowest BCUT2D eigenvalue weighted by atomic mass is 10.0. The maximum Gasteiger partial charge on any atom is 0.147 e. The molecule has 1 N–H and O–H groups in total. The van der Waals surface area contributed by atoms with Crippen LogP contribution in [0, 0.1) is 6.92 Å². The van der Waals surface area contributed by atoms with Crippen LogP contribution in [0.1, 0.15) is 47.9 Å². The van der Waals surface area contributed by atoms with Crippen LogP contribution in [-0.2, 0) is 13.1 Å². The number of hydrogen-bond donors (Lipinski definition) is 1. The summed E-state index contributed by atoms with van der Waals surface area (Å²) < 4.78 is 0. The molecule has 26 heavy (non-hydrogen) atoms. The van der Waals surface area contributed by atoms with E-state index in [1.165, 1.54) is 24.0 Å². The van der Waals surface area contributed by atoms with Gasteiger partial charge < -0.3 is 10.2 Å². The summed E-state index contributed by atoms with van der Waals surface area (Å²) in [5, 5.41) is 3.57. The minimum Gasteiger partial charge on any atom is -0.363 e. The van der Waals surface area contributed by atoms with Crippen LogP contribution in [0.5, 0.6) is 0 Å². The number of aromatic nitrogens is 2. The number of anilines is 1. The fourth-order valence-electron chi connectivity index (χ4n) is 3.50. The maximum absolute atomic E-state index is 4.90. The Hall–Kier alpha value is -1.98. The topological polar surface area (TPSA) is 44.3 Å². The molecule has 0 radical (unpaired) electrons. The van der Waals surface area contributed by atoms with Gasteiger partial charge >= 0.3 is 0 Å². The lowest BCUT2D eigenvalue weighted by Crippen LogP contribution is -2.29. The molecule has 0 aliphatic carbocycles. The first-order valence-electron chi connectivity index (χ1n) is 9.54. The highest BCUT2D eigenvalue weighted by molar-refractivity contribution is 5.38. The molecule has 0 spiro atoms. The summed E-state index contributed by atoms with van der Waals surface area (Å²) in [5.41, 5.74) is 3.73. The second-order valence-corrected chi connectivity index (χ2v) is 7.63. The van der Waals surface area contributed by atoms with Crippen molar-refractivity contribution in [3.05, 3.63) is 53.0 Å². The van der Waals surface area contributed by atoms with Crippen molar-refractivity contribution in [3.63, 3.8) is 0 Å². The maximum atomic E-state index is 4.90. The van der Waals surface area contributed by atoms with Crippen LogP contribution in [0.15, 0.2) is 30.3 Å².